The van der Waals surface area contributed by atoms with E-state index >= 15 is 0 Å². The van der Waals surface area contributed by atoms with Gasteiger partial charge in [0.2, 0.25) is 0 Å². The molecule has 0 aliphatic heterocycles. The van der Waals surface area contributed by atoms with Gasteiger partial charge in [0.05, 0.1) is 12.4 Å². The van der Waals surface area contributed by atoms with E-state index in [1.165, 1.54) is 25.3 Å². The minimum Gasteiger partial charge on any atom is -0.452 e. The fourth-order valence-corrected chi connectivity index (χ4v) is 0.351. The lowest BCUT2D eigenvalue weighted by molar-refractivity contribution is 0.405. The topological polar surface area (TPSA) is 110 Å². The second-order valence-corrected chi connectivity index (χ2v) is 2.11. The first-order chi connectivity index (χ1) is 6.73. The molecule has 0 unspecified atom stereocenters. The van der Waals surface area contributed by atoms with Gasteiger partial charge >= 0.3 is 8.25 Å². The van der Waals surface area contributed by atoms with Crippen molar-refractivity contribution >= 4 is 25.2 Å². The molecule has 7 nitrogen and oxygen atoms in total. The van der Waals surface area contributed by atoms with E-state index in [1.807, 2.05) is 0 Å². The van der Waals surface area contributed by atoms with Crippen molar-refractivity contribution in [3.63, 3.8) is 0 Å². The molecule has 0 bridgehead atoms. The van der Waals surface area contributed by atoms with Gasteiger partial charge in [-0.2, -0.15) is 0 Å². The third kappa shape index (κ3) is 19.4. The maximum absolute atomic E-state index is 8.70. The van der Waals surface area contributed by atoms with Crippen LogP contribution in [0.3, 0.4) is 0 Å². The molecule has 2 rings (SSSR count). The predicted molar refractivity (Wildman–Crippen MR) is 55.4 cm³/mol. The van der Waals surface area contributed by atoms with Gasteiger partial charge in [-0.25, -0.2) is 9.97 Å². The summed E-state index contributed by atoms with van der Waals surface area (Å²) in [5.41, 5.74) is 0. The summed E-state index contributed by atoms with van der Waals surface area (Å²) in [5, 5.41) is 0. The molecule has 15 heavy (non-hydrogen) atoms. The van der Waals surface area contributed by atoms with Gasteiger partial charge in [0.25, 0.3) is 0 Å². The van der Waals surface area contributed by atoms with Crippen LogP contribution in [0.2, 0.25) is 0 Å². The molecule has 0 aliphatic carbocycles. The monoisotopic (exact) mass is 299 g/mol. The van der Waals surface area contributed by atoms with Gasteiger partial charge in [0, 0.05) is 4.57 Å². The highest BCUT2D eigenvalue weighted by Gasteiger charge is 1.93. The first-order valence-corrected chi connectivity index (χ1v) is 4.39. The summed E-state index contributed by atoms with van der Waals surface area (Å²) < 4.78 is 17.6. The molecule has 9 heteroatoms. The highest BCUT2D eigenvalue weighted by atomic mass is 79.9. The number of aromatic nitrogens is 2. The lowest BCUT2D eigenvalue weighted by atomic mass is 11.0. The summed E-state index contributed by atoms with van der Waals surface area (Å²) in [6.45, 7) is 0. The molecule has 2 N–H and O–H groups in total. The zero-order valence-electron chi connectivity index (χ0n) is 7.33. The van der Waals surface area contributed by atoms with Crippen LogP contribution in [0.25, 0.3) is 0 Å². The maximum Gasteiger partial charge on any atom is 0.692 e. The number of halogens is 1. The lowest BCUT2D eigenvalue weighted by Gasteiger charge is -1.47. The van der Waals surface area contributed by atoms with Crippen molar-refractivity contribution in [2.45, 2.75) is 0 Å². The molecule has 0 aromatic carbocycles. The Morgan fingerprint density at radius 3 is 1.40 bits per heavy atom. The minimum absolute atomic E-state index is 0. The van der Waals surface area contributed by atoms with Crippen molar-refractivity contribution in [3.05, 3.63) is 37.7 Å². The Hall–Kier alpha value is -1.08. The number of nitrogens with zero attached hydrogens (tertiary/aromatic N) is 2. The van der Waals surface area contributed by atoms with E-state index < -0.39 is 8.25 Å². The van der Waals surface area contributed by atoms with E-state index in [1.54, 1.807) is 12.4 Å². The number of oxazole rings is 2. The normalized spacial score (nSPS) is 7.07. The van der Waals surface area contributed by atoms with E-state index in [0.717, 1.165) is 0 Å². The van der Waals surface area contributed by atoms with Gasteiger partial charge < -0.3 is 8.83 Å². The van der Waals surface area contributed by atoms with E-state index in [2.05, 4.69) is 18.8 Å². The SMILES string of the molecule is Br.O=[P+](O)O.c1cocn1.c1cocn1. The van der Waals surface area contributed by atoms with Crippen molar-refractivity contribution in [2.75, 3.05) is 0 Å². The van der Waals surface area contributed by atoms with Gasteiger partial charge in [-0.3, -0.25) is 0 Å². The van der Waals surface area contributed by atoms with Gasteiger partial charge in [0.1, 0.15) is 12.5 Å². The van der Waals surface area contributed by atoms with Crippen LogP contribution in [-0.2, 0) is 4.57 Å². The number of rotatable bonds is 0. The first-order valence-electron chi connectivity index (χ1n) is 3.22. The molecule has 0 saturated carbocycles. The van der Waals surface area contributed by atoms with Crippen molar-refractivity contribution in [1.29, 1.82) is 0 Å². The summed E-state index contributed by atoms with van der Waals surface area (Å²) in [6, 6.07) is 0. The quantitative estimate of drug-likeness (QED) is 0.710. The molecule has 0 amide bonds. The molecule has 2 aromatic heterocycles. The minimum atomic E-state index is -2.87. The van der Waals surface area contributed by atoms with Crippen LogP contribution < -0.4 is 0 Å². The largest absolute Gasteiger partial charge is 0.692 e. The van der Waals surface area contributed by atoms with Crippen LogP contribution in [0.4, 0.5) is 0 Å². The van der Waals surface area contributed by atoms with Crippen molar-refractivity contribution in [1.82, 2.24) is 9.97 Å². The molecular weight excluding hydrogens is 291 g/mol. The molecule has 2 heterocycles. The van der Waals surface area contributed by atoms with Crippen LogP contribution in [0.15, 0.2) is 46.5 Å². The molecule has 0 radical (unpaired) electrons. The molecule has 2 aromatic rings. The van der Waals surface area contributed by atoms with E-state index in [9.17, 15) is 0 Å². The Morgan fingerprint density at radius 1 is 1.00 bits per heavy atom. The van der Waals surface area contributed by atoms with E-state index in [0.29, 0.717) is 0 Å². The Balaban J connectivity index is 0. The summed E-state index contributed by atoms with van der Waals surface area (Å²) in [4.78, 5) is 21.4. The molecule has 0 spiro atoms. The molecule has 0 fully saturated rings. The Kier molecular flexibility index (Phi) is 14.1. The zero-order chi connectivity index (χ0) is 10.6. The van der Waals surface area contributed by atoms with Crippen molar-refractivity contribution < 1.29 is 23.2 Å². The van der Waals surface area contributed by atoms with Crippen LogP contribution in [0, 0.1) is 0 Å². The Morgan fingerprint density at radius 2 is 1.33 bits per heavy atom. The lowest BCUT2D eigenvalue weighted by Crippen LogP contribution is -1.38. The van der Waals surface area contributed by atoms with E-state index in [4.69, 9.17) is 14.4 Å². The predicted octanol–water partition coefficient (Wildman–Crippen LogP) is 1.56. The van der Waals surface area contributed by atoms with Crippen LogP contribution in [-0.4, -0.2) is 19.8 Å². The van der Waals surface area contributed by atoms with E-state index in [-0.39, 0.29) is 17.0 Å². The van der Waals surface area contributed by atoms with Gasteiger partial charge in [-0.05, 0) is 0 Å². The summed E-state index contributed by atoms with van der Waals surface area (Å²) in [6.07, 6.45) is 8.94. The molecule has 0 aliphatic rings. The second kappa shape index (κ2) is 12.9. The van der Waals surface area contributed by atoms with Crippen LogP contribution in [0.1, 0.15) is 0 Å². The molecule has 84 valence electrons. The fraction of sp³-hybridized carbons (Fsp3) is 0. The van der Waals surface area contributed by atoms with Crippen LogP contribution >= 0.6 is 25.2 Å². The van der Waals surface area contributed by atoms with Gasteiger partial charge in [-0.1, -0.05) is 0 Å². The van der Waals surface area contributed by atoms with Gasteiger partial charge in [0.15, 0.2) is 12.8 Å². The molecule has 0 atom stereocenters. The number of hydrogen-bond donors (Lipinski definition) is 2. The first kappa shape index (κ1) is 16.4. The highest BCUT2D eigenvalue weighted by molar-refractivity contribution is 8.93. The summed E-state index contributed by atoms with van der Waals surface area (Å²) in [5.74, 6) is 0. The Labute approximate surface area is 96.5 Å². The standard InChI is InChI=1S/2C3H3NO.BrH.HO3P/c2*1-2-5-3-4-1;;1-4(2)3/h2*1-3H;1H;(H-,1,2,3)/p+1. The van der Waals surface area contributed by atoms with Crippen molar-refractivity contribution in [2.24, 2.45) is 0 Å². The number of hydrogen-bond acceptors (Lipinski definition) is 5. The summed E-state index contributed by atoms with van der Waals surface area (Å²) in [7, 11) is -2.87. The third-order valence-corrected chi connectivity index (χ3v) is 0.694. The second-order valence-electron chi connectivity index (χ2n) is 1.60. The van der Waals surface area contributed by atoms with Crippen molar-refractivity contribution in [3.8, 4) is 0 Å². The third-order valence-electron chi connectivity index (χ3n) is 0.694. The molecule has 0 saturated heterocycles. The van der Waals surface area contributed by atoms with Crippen LogP contribution in [0.5, 0.6) is 0 Å². The highest BCUT2D eigenvalue weighted by Crippen LogP contribution is 1.98. The molecular formula is C6H9BrN2O5P+. The smallest absolute Gasteiger partial charge is 0.452 e. The maximum atomic E-state index is 8.70. The average Bonchev–Trinajstić information content (AvgIpc) is 2.83. The fourth-order valence-electron chi connectivity index (χ4n) is 0.351. The van der Waals surface area contributed by atoms with Gasteiger partial charge in [-0.15, -0.1) is 26.8 Å². The Bertz CT molecular complexity index is 236. The average molecular weight is 300 g/mol. The summed E-state index contributed by atoms with van der Waals surface area (Å²) >= 11 is 0. The zero-order valence-corrected chi connectivity index (χ0v) is 9.94.